The lowest BCUT2D eigenvalue weighted by Gasteiger charge is -1.99. The van der Waals surface area contributed by atoms with Crippen molar-refractivity contribution in [1.29, 1.82) is 0 Å². The van der Waals surface area contributed by atoms with Crippen LogP contribution in [0.25, 0.3) is 0 Å². The molecule has 0 atom stereocenters. The largest absolute Gasteiger partial charge is 0.472 e. The highest BCUT2D eigenvalue weighted by Crippen LogP contribution is 2.10. The second kappa shape index (κ2) is 6.06. The summed E-state index contributed by atoms with van der Waals surface area (Å²) in [5, 5.41) is 0. The van der Waals surface area contributed by atoms with Crippen molar-refractivity contribution in [1.82, 2.24) is 0 Å². The van der Waals surface area contributed by atoms with Crippen LogP contribution in [0, 0.1) is 0 Å². The highest BCUT2D eigenvalue weighted by molar-refractivity contribution is 5.82. The van der Waals surface area contributed by atoms with Gasteiger partial charge in [0, 0.05) is 6.08 Å². The van der Waals surface area contributed by atoms with Crippen molar-refractivity contribution in [3.8, 4) is 0 Å². The molecule has 0 radical (unpaired) electrons. The van der Waals surface area contributed by atoms with Crippen LogP contribution in [-0.4, -0.2) is 13.1 Å². The smallest absolute Gasteiger partial charge is 0.330 e. The Labute approximate surface area is 89.7 Å². The number of methoxy groups -OCH3 is 1. The zero-order chi connectivity index (χ0) is 11.1. The third-order valence-corrected chi connectivity index (χ3v) is 2.18. The standard InChI is InChI=1S/C12H16O3/c1-10(8-12(13)14-2)4-3-5-11-6-7-15-9-11/h6-9H,3-5H2,1-2H3/b10-8+. The summed E-state index contributed by atoms with van der Waals surface area (Å²) in [4.78, 5) is 10.9. The number of furan rings is 1. The molecule has 3 heteroatoms. The van der Waals surface area contributed by atoms with Gasteiger partial charge in [0.25, 0.3) is 0 Å². The lowest BCUT2D eigenvalue weighted by atomic mass is 10.1. The third-order valence-electron chi connectivity index (χ3n) is 2.18. The van der Waals surface area contributed by atoms with Crippen LogP contribution in [-0.2, 0) is 16.0 Å². The zero-order valence-corrected chi connectivity index (χ0v) is 9.16. The summed E-state index contributed by atoms with van der Waals surface area (Å²) < 4.78 is 9.51. The first-order chi connectivity index (χ1) is 7.22. The summed E-state index contributed by atoms with van der Waals surface area (Å²) in [6.45, 7) is 1.94. The van der Waals surface area contributed by atoms with Gasteiger partial charge in [0.15, 0.2) is 0 Å². The van der Waals surface area contributed by atoms with E-state index in [1.54, 1.807) is 12.5 Å². The van der Waals surface area contributed by atoms with Crippen molar-refractivity contribution >= 4 is 5.97 Å². The number of ether oxygens (including phenoxy) is 1. The highest BCUT2D eigenvalue weighted by atomic mass is 16.5. The number of esters is 1. The van der Waals surface area contributed by atoms with Crippen molar-refractivity contribution in [2.45, 2.75) is 26.2 Å². The van der Waals surface area contributed by atoms with E-state index in [-0.39, 0.29) is 5.97 Å². The van der Waals surface area contributed by atoms with E-state index < -0.39 is 0 Å². The van der Waals surface area contributed by atoms with E-state index in [4.69, 9.17) is 4.42 Å². The van der Waals surface area contributed by atoms with Gasteiger partial charge in [-0.1, -0.05) is 5.57 Å². The minimum Gasteiger partial charge on any atom is -0.472 e. The van der Waals surface area contributed by atoms with Crippen molar-refractivity contribution < 1.29 is 13.9 Å². The molecule has 0 fully saturated rings. The van der Waals surface area contributed by atoms with E-state index in [0.717, 1.165) is 24.8 Å². The number of carbonyl (C=O) groups is 1. The fourth-order valence-electron chi connectivity index (χ4n) is 1.34. The van der Waals surface area contributed by atoms with Crippen LogP contribution in [0.15, 0.2) is 34.7 Å². The summed E-state index contributed by atoms with van der Waals surface area (Å²) in [5.41, 5.74) is 2.24. The van der Waals surface area contributed by atoms with Gasteiger partial charge < -0.3 is 9.15 Å². The summed E-state index contributed by atoms with van der Waals surface area (Å²) in [5.74, 6) is -0.282. The number of carbonyl (C=O) groups excluding carboxylic acids is 1. The molecule has 0 aliphatic rings. The van der Waals surface area contributed by atoms with E-state index >= 15 is 0 Å². The predicted octanol–water partition coefficient (Wildman–Crippen LogP) is 2.72. The average molecular weight is 208 g/mol. The Hall–Kier alpha value is -1.51. The molecule has 1 heterocycles. The molecule has 1 rings (SSSR count). The van der Waals surface area contributed by atoms with E-state index in [9.17, 15) is 4.79 Å². The minimum atomic E-state index is -0.282. The van der Waals surface area contributed by atoms with Crippen LogP contribution in [0.1, 0.15) is 25.3 Å². The molecular weight excluding hydrogens is 192 g/mol. The summed E-state index contributed by atoms with van der Waals surface area (Å²) in [6.07, 6.45) is 7.85. The van der Waals surface area contributed by atoms with Crippen molar-refractivity contribution in [3.05, 3.63) is 35.8 Å². The zero-order valence-electron chi connectivity index (χ0n) is 9.16. The molecular formula is C12H16O3. The maximum Gasteiger partial charge on any atom is 0.330 e. The lowest BCUT2D eigenvalue weighted by molar-refractivity contribution is -0.134. The maximum atomic E-state index is 10.9. The Morgan fingerprint density at radius 1 is 1.60 bits per heavy atom. The van der Waals surface area contributed by atoms with E-state index in [0.29, 0.717) is 0 Å². The van der Waals surface area contributed by atoms with Crippen LogP contribution in [0.5, 0.6) is 0 Å². The first-order valence-corrected chi connectivity index (χ1v) is 4.98. The number of aryl methyl sites for hydroxylation is 1. The van der Waals surface area contributed by atoms with Gasteiger partial charge in [-0.2, -0.15) is 0 Å². The average Bonchev–Trinajstić information content (AvgIpc) is 2.70. The van der Waals surface area contributed by atoms with Crippen LogP contribution in [0.2, 0.25) is 0 Å². The lowest BCUT2D eigenvalue weighted by Crippen LogP contribution is -1.96. The molecule has 3 nitrogen and oxygen atoms in total. The quantitative estimate of drug-likeness (QED) is 0.551. The SMILES string of the molecule is COC(=O)/C=C(\C)CCCc1ccoc1. The maximum absolute atomic E-state index is 10.9. The Morgan fingerprint density at radius 3 is 3.00 bits per heavy atom. The topological polar surface area (TPSA) is 39.4 Å². The molecule has 0 spiro atoms. The van der Waals surface area contributed by atoms with Gasteiger partial charge in [-0.3, -0.25) is 0 Å². The molecule has 0 aliphatic heterocycles. The number of hydrogen-bond donors (Lipinski definition) is 0. The molecule has 1 aromatic rings. The van der Waals surface area contributed by atoms with Gasteiger partial charge >= 0.3 is 5.97 Å². The molecule has 0 aliphatic carbocycles. The molecule has 82 valence electrons. The predicted molar refractivity (Wildman–Crippen MR) is 57.4 cm³/mol. The van der Waals surface area contributed by atoms with Crippen molar-refractivity contribution in [2.24, 2.45) is 0 Å². The van der Waals surface area contributed by atoms with Gasteiger partial charge in [0.2, 0.25) is 0 Å². The highest BCUT2D eigenvalue weighted by Gasteiger charge is 1.98. The molecule has 0 amide bonds. The second-order valence-electron chi connectivity index (χ2n) is 3.50. The first-order valence-electron chi connectivity index (χ1n) is 4.98. The Kier molecular flexibility index (Phi) is 4.68. The minimum absolute atomic E-state index is 0.282. The van der Waals surface area contributed by atoms with Gasteiger partial charge in [-0.15, -0.1) is 0 Å². The molecule has 1 aromatic heterocycles. The molecule has 15 heavy (non-hydrogen) atoms. The van der Waals surface area contributed by atoms with Crippen molar-refractivity contribution in [2.75, 3.05) is 7.11 Å². The fourth-order valence-corrected chi connectivity index (χ4v) is 1.34. The normalized spacial score (nSPS) is 11.5. The van der Waals surface area contributed by atoms with E-state index in [1.807, 2.05) is 13.0 Å². The van der Waals surface area contributed by atoms with Gasteiger partial charge in [0.05, 0.1) is 19.6 Å². The Balaban J connectivity index is 2.25. The molecule has 0 saturated carbocycles. The number of rotatable bonds is 5. The first kappa shape index (κ1) is 11.6. The fraction of sp³-hybridized carbons (Fsp3) is 0.417. The second-order valence-corrected chi connectivity index (χ2v) is 3.50. The molecule has 0 unspecified atom stereocenters. The Morgan fingerprint density at radius 2 is 2.40 bits per heavy atom. The summed E-state index contributed by atoms with van der Waals surface area (Å²) >= 11 is 0. The third kappa shape index (κ3) is 4.49. The summed E-state index contributed by atoms with van der Waals surface area (Å²) in [6, 6.07) is 1.96. The molecule has 0 N–H and O–H groups in total. The number of allylic oxidation sites excluding steroid dienone is 1. The Bertz CT molecular complexity index is 323. The molecule has 0 aromatic carbocycles. The van der Waals surface area contributed by atoms with Gasteiger partial charge in [-0.25, -0.2) is 4.79 Å². The van der Waals surface area contributed by atoms with Gasteiger partial charge in [-0.05, 0) is 37.8 Å². The van der Waals surface area contributed by atoms with Crippen LogP contribution >= 0.6 is 0 Å². The van der Waals surface area contributed by atoms with E-state index in [2.05, 4.69) is 4.74 Å². The summed E-state index contributed by atoms with van der Waals surface area (Å²) in [7, 11) is 1.39. The molecule has 0 bridgehead atoms. The monoisotopic (exact) mass is 208 g/mol. The van der Waals surface area contributed by atoms with Crippen LogP contribution < -0.4 is 0 Å². The molecule has 0 saturated heterocycles. The number of hydrogen-bond acceptors (Lipinski definition) is 3. The van der Waals surface area contributed by atoms with E-state index in [1.165, 1.54) is 18.7 Å². The van der Waals surface area contributed by atoms with Crippen LogP contribution in [0.3, 0.4) is 0 Å². The van der Waals surface area contributed by atoms with Gasteiger partial charge in [0.1, 0.15) is 0 Å². The van der Waals surface area contributed by atoms with Crippen molar-refractivity contribution in [3.63, 3.8) is 0 Å². The van der Waals surface area contributed by atoms with Crippen LogP contribution in [0.4, 0.5) is 0 Å².